The van der Waals surface area contributed by atoms with Crippen molar-refractivity contribution in [1.29, 1.82) is 0 Å². The van der Waals surface area contributed by atoms with Gasteiger partial charge in [-0.25, -0.2) is 0 Å². The van der Waals surface area contributed by atoms with E-state index in [0.717, 1.165) is 23.5 Å². The minimum absolute atomic E-state index is 0.0882. The van der Waals surface area contributed by atoms with E-state index in [1.165, 1.54) is 17.1 Å². The van der Waals surface area contributed by atoms with E-state index in [1.807, 2.05) is 18.2 Å². The fraction of sp³-hybridized carbons (Fsp3) is 0.353. The predicted octanol–water partition coefficient (Wildman–Crippen LogP) is 1.48. The number of nitrogens with one attached hydrogen (secondary N) is 1. The van der Waals surface area contributed by atoms with Crippen molar-refractivity contribution in [3.05, 3.63) is 36.2 Å². The highest BCUT2D eigenvalue weighted by Gasteiger charge is 2.44. The molecule has 25 heavy (non-hydrogen) atoms. The van der Waals surface area contributed by atoms with Crippen molar-refractivity contribution in [3.63, 3.8) is 0 Å². The number of hydrogen-bond acceptors (Lipinski definition) is 5. The van der Waals surface area contributed by atoms with Gasteiger partial charge >= 0.3 is 5.97 Å². The SMILES string of the molecule is O=C(O)Cn1cc(NC(=O)C2CC2c2ccc3c(c2)OCCO3)cn1. The maximum absolute atomic E-state index is 12.4. The summed E-state index contributed by atoms with van der Waals surface area (Å²) in [5.74, 6) is 0.444. The number of aliphatic carboxylic acids is 1. The maximum atomic E-state index is 12.4. The molecule has 4 rings (SSSR count). The van der Waals surface area contributed by atoms with Crippen LogP contribution in [0.2, 0.25) is 0 Å². The van der Waals surface area contributed by atoms with Crippen molar-refractivity contribution in [2.45, 2.75) is 18.9 Å². The van der Waals surface area contributed by atoms with Gasteiger partial charge in [0.1, 0.15) is 19.8 Å². The lowest BCUT2D eigenvalue weighted by Gasteiger charge is -2.18. The first kappa shape index (κ1) is 15.5. The number of hydrogen-bond donors (Lipinski definition) is 2. The third kappa shape index (κ3) is 3.28. The van der Waals surface area contributed by atoms with Crippen LogP contribution in [0.4, 0.5) is 5.69 Å². The van der Waals surface area contributed by atoms with Gasteiger partial charge in [0.15, 0.2) is 11.5 Å². The Kier molecular flexibility index (Phi) is 3.79. The standard InChI is InChI=1S/C17H17N3O5/c21-16(22)9-20-8-11(7-18-20)19-17(23)13-6-12(13)10-1-2-14-15(5-10)25-4-3-24-14/h1-2,5,7-8,12-13H,3-4,6,9H2,(H,19,23)(H,21,22). The van der Waals surface area contributed by atoms with Crippen LogP contribution in [0, 0.1) is 5.92 Å². The number of benzene rings is 1. The summed E-state index contributed by atoms with van der Waals surface area (Å²) < 4.78 is 12.4. The molecule has 1 aliphatic heterocycles. The topological polar surface area (TPSA) is 103 Å². The van der Waals surface area contributed by atoms with E-state index in [1.54, 1.807) is 0 Å². The summed E-state index contributed by atoms with van der Waals surface area (Å²) in [6.07, 6.45) is 3.73. The lowest BCUT2D eigenvalue weighted by Crippen LogP contribution is -2.16. The first-order valence-electron chi connectivity index (χ1n) is 8.05. The summed E-state index contributed by atoms with van der Waals surface area (Å²) in [7, 11) is 0. The molecule has 2 unspecified atom stereocenters. The molecule has 2 atom stereocenters. The molecule has 2 heterocycles. The van der Waals surface area contributed by atoms with E-state index in [-0.39, 0.29) is 24.3 Å². The molecule has 1 aliphatic carbocycles. The van der Waals surface area contributed by atoms with Crippen molar-refractivity contribution < 1.29 is 24.2 Å². The van der Waals surface area contributed by atoms with Gasteiger partial charge in [0, 0.05) is 12.1 Å². The van der Waals surface area contributed by atoms with Crippen LogP contribution in [-0.4, -0.2) is 40.0 Å². The third-order valence-corrected chi connectivity index (χ3v) is 4.32. The zero-order valence-electron chi connectivity index (χ0n) is 13.3. The second kappa shape index (κ2) is 6.12. The van der Waals surface area contributed by atoms with Gasteiger partial charge in [-0.2, -0.15) is 5.10 Å². The highest BCUT2D eigenvalue weighted by atomic mass is 16.6. The molecule has 2 N–H and O–H groups in total. The number of anilines is 1. The predicted molar refractivity (Wildman–Crippen MR) is 86.8 cm³/mol. The molecule has 1 aromatic carbocycles. The summed E-state index contributed by atoms with van der Waals surface area (Å²) in [5.41, 5.74) is 1.56. The number of carbonyl (C=O) groups is 2. The Balaban J connectivity index is 1.38. The van der Waals surface area contributed by atoms with Gasteiger partial charge in [-0.05, 0) is 30.0 Å². The summed E-state index contributed by atoms with van der Waals surface area (Å²) in [4.78, 5) is 23.0. The first-order valence-corrected chi connectivity index (χ1v) is 8.05. The van der Waals surface area contributed by atoms with E-state index in [2.05, 4.69) is 10.4 Å². The van der Waals surface area contributed by atoms with Crippen molar-refractivity contribution in [2.75, 3.05) is 18.5 Å². The number of nitrogens with zero attached hydrogens (tertiary/aromatic N) is 2. The first-order chi connectivity index (χ1) is 12.1. The van der Waals surface area contributed by atoms with Crippen LogP contribution in [0.5, 0.6) is 11.5 Å². The fourth-order valence-electron chi connectivity index (χ4n) is 3.03. The Morgan fingerprint density at radius 2 is 2.08 bits per heavy atom. The lowest BCUT2D eigenvalue weighted by molar-refractivity contribution is -0.137. The second-order valence-electron chi connectivity index (χ2n) is 6.16. The number of aromatic nitrogens is 2. The van der Waals surface area contributed by atoms with Crippen LogP contribution in [0.3, 0.4) is 0 Å². The van der Waals surface area contributed by atoms with Gasteiger partial charge in [0.2, 0.25) is 5.91 Å². The summed E-state index contributed by atoms with van der Waals surface area (Å²) in [6.45, 7) is 0.848. The van der Waals surface area contributed by atoms with Crippen molar-refractivity contribution >= 4 is 17.6 Å². The van der Waals surface area contributed by atoms with E-state index < -0.39 is 5.97 Å². The van der Waals surface area contributed by atoms with E-state index in [0.29, 0.717) is 18.9 Å². The molecule has 1 saturated carbocycles. The second-order valence-corrected chi connectivity index (χ2v) is 6.16. The fourth-order valence-corrected chi connectivity index (χ4v) is 3.03. The summed E-state index contributed by atoms with van der Waals surface area (Å²) >= 11 is 0. The Morgan fingerprint density at radius 1 is 1.28 bits per heavy atom. The molecule has 0 spiro atoms. The lowest BCUT2D eigenvalue weighted by atomic mass is 10.1. The van der Waals surface area contributed by atoms with E-state index >= 15 is 0 Å². The minimum Gasteiger partial charge on any atom is -0.486 e. The quantitative estimate of drug-likeness (QED) is 0.852. The molecule has 2 aliphatic rings. The Labute approximate surface area is 143 Å². The van der Waals surface area contributed by atoms with Gasteiger partial charge in [-0.1, -0.05) is 6.07 Å². The number of amides is 1. The molecule has 0 bridgehead atoms. The van der Waals surface area contributed by atoms with Crippen molar-refractivity contribution in [2.24, 2.45) is 5.92 Å². The van der Waals surface area contributed by atoms with Crippen LogP contribution >= 0.6 is 0 Å². The number of ether oxygens (including phenoxy) is 2. The monoisotopic (exact) mass is 343 g/mol. The van der Waals surface area contributed by atoms with Gasteiger partial charge in [-0.15, -0.1) is 0 Å². The molecular weight excluding hydrogens is 326 g/mol. The van der Waals surface area contributed by atoms with Gasteiger partial charge in [0.25, 0.3) is 0 Å². The average Bonchev–Trinajstić information content (AvgIpc) is 3.29. The molecule has 1 aromatic heterocycles. The van der Waals surface area contributed by atoms with Crippen LogP contribution in [0.25, 0.3) is 0 Å². The summed E-state index contributed by atoms with van der Waals surface area (Å²) in [6, 6.07) is 5.79. The van der Waals surface area contributed by atoms with Gasteiger partial charge in [0.05, 0.1) is 11.9 Å². The molecule has 8 nitrogen and oxygen atoms in total. The number of carboxylic acids is 1. The minimum atomic E-state index is -0.984. The number of fused-ring (bicyclic) bond motifs is 1. The third-order valence-electron chi connectivity index (χ3n) is 4.32. The Hall–Kier alpha value is -3.03. The van der Waals surface area contributed by atoms with Crippen molar-refractivity contribution in [1.82, 2.24) is 9.78 Å². The van der Waals surface area contributed by atoms with Crippen molar-refractivity contribution in [3.8, 4) is 11.5 Å². The molecule has 0 saturated heterocycles. The largest absolute Gasteiger partial charge is 0.486 e. The van der Waals surface area contributed by atoms with Gasteiger partial charge in [-0.3, -0.25) is 14.3 Å². The average molecular weight is 343 g/mol. The maximum Gasteiger partial charge on any atom is 0.325 e. The van der Waals surface area contributed by atoms with Crippen LogP contribution < -0.4 is 14.8 Å². The molecular formula is C17H17N3O5. The van der Waals surface area contributed by atoms with E-state index in [4.69, 9.17) is 14.6 Å². The summed E-state index contributed by atoms with van der Waals surface area (Å²) in [5, 5.41) is 15.4. The molecule has 8 heteroatoms. The molecule has 1 fully saturated rings. The zero-order valence-corrected chi connectivity index (χ0v) is 13.3. The molecule has 0 radical (unpaired) electrons. The Bertz CT molecular complexity index is 831. The zero-order chi connectivity index (χ0) is 17.4. The van der Waals surface area contributed by atoms with Crippen LogP contribution in [0.15, 0.2) is 30.6 Å². The number of rotatable bonds is 5. The number of carboxylic acid groups (broad SMARTS) is 1. The van der Waals surface area contributed by atoms with Crippen LogP contribution in [0.1, 0.15) is 17.9 Å². The number of carbonyl (C=O) groups excluding carboxylic acids is 1. The molecule has 2 aromatic rings. The highest BCUT2D eigenvalue weighted by molar-refractivity contribution is 5.95. The smallest absolute Gasteiger partial charge is 0.325 e. The Morgan fingerprint density at radius 3 is 2.88 bits per heavy atom. The highest BCUT2D eigenvalue weighted by Crippen LogP contribution is 2.49. The molecule has 130 valence electrons. The normalized spacial score (nSPS) is 20.8. The van der Waals surface area contributed by atoms with Crippen LogP contribution in [-0.2, 0) is 16.1 Å². The molecule has 1 amide bonds. The van der Waals surface area contributed by atoms with Gasteiger partial charge < -0.3 is 19.9 Å². The van der Waals surface area contributed by atoms with E-state index in [9.17, 15) is 9.59 Å².